The van der Waals surface area contributed by atoms with Crippen LogP contribution in [0, 0.1) is 5.92 Å². The molecule has 1 heterocycles. The molecule has 2 amide bonds. The van der Waals surface area contributed by atoms with Crippen LogP contribution in [0.3, 0.4) is 0 Å². The van der Waals surface area contributed by atoms with Gasteiger partial charge in [0.1, 0.15) is 5.75 Å². The predicted octanol–water partition coefficient (Wildman–Crippen LogP) is 3.03. The SMILES string of the molecule is CC(Oc1ccccc1)C(=O)N1CCC(Cc2ccc(C(N)=O)cc2)CC1. The number of nitrogens with two attached hydrogens (primary N) is 1. The van der Waals surface area contributed by atoms with E-state index >= 15 is 0 Å². The first-order chi connectivity index (χ1) is 13.0. The number of carbonyl (C=O) groups is 2. The van der Waals surface area contributed by atoms with E-state index in [0.29, 0.717) is 17.2 Å². The van der Waals surface area contributed by atoms with Gasteiger partial charge >= 0.3 is 0 Å². The summed E-state index contributed by atoms with van der Waals surface area (Å²) < 4.78 is 5.75. The molecule has 1 saturated heterocycles. The van der Waals surface area contributed by atoms with E-state index in [1.165, 1.54) is 5.56 Å². The topological polar surface area (TPSA) is 72.6 Å². The predicted molar refractivity (Wildman–Crippen MR) is 104 cm³/mol. The monoisotopic (exact) mass is 366 g/mol. The average Bonchev–Trinajstić information content (AvgIpc) is 2.69. The van der Waals surface area contributed by atoms with E-state index in [-0.39, 0.29) is 5.91 Å². The van der Waals surface area contributed by atoms with E-state index in [1.54, 1.807) is 12.1 Å². The Balaban J connectivity index is 1.48. The second-order valence-corrected chi connectivity index (χ2v) is 7.11. The Labute approximate surface area is 160 Å². The van der Waals surface area contributed by atoms with Gasteiger partial charge in [-0.3, -0.25) is 9.59 Å². The number of nitrogens with zero attached hydrogens (tertiary/aromatic N) is 1. The lowest BCUT2D eigenvalue weighted by atomic mass is 9.89. The lowest BCUT2D eigenvalue weighted by molar-refractivity contribution is -0.139. The molecule has 142 valence electrons. The standard InChI is InChI=1S/C22H26N2O3/c1-16(27-20-5-3-2-4-6-20)22(26)24-13-11-18(12-14-24)15-17-7-9-19(10-8-17)21(23)25/h2-10,16,18H,11-15H2,1H3,(H2,23,25). The molecule has 2 N–H and O–H groups in total. The number of benzene rings is 2. The van der Waals surface area contributed by atoms with Crippen molar-refractivity contribution in [3.8, 4) is 5.75 Å². The number of carbonyl (C=O) groups excluding carboxylic acids is 2. The Bertz CT molecular complexity index is 766. The average molecular weight is 366 g/mol. The van der Waals surface area contributed by atoms with Crippen molar-refractivity contribution in [1.29, 1.82) is 0 Å². The Hall–Kier alpha value is -2.82. The summed E-state index contributed by atoms with van der Waals surface area (Å²) in [6.45, 7) is 3.32. The van der Waals surface area contributed by atoms with Gasteiger partial charge in [-0.15, -0.1) is 0 Å². The van der Waals surface area contributed by atoms with Gasteiger partial charge in [-0.2, -0.15) is 0 Å². The number of amides is 2. The van der Waals surface area contributed by atoms with Crippen molar-refractivity contribution in [2.75, 3.05) is 13.1 Å². The van der Waals surface area contributed by atoms with E-state index in [1.807, 2.05) is 54.3 Å². The summed E-state index contributed by atoms with van der Waals surface area (Å²) in [6.07, 6.45) is 2.42. The van der Waals surface area contributed by atoms with Crippen LogP contribution in [0.25, 0.3) is 0 Å². The fourth-order valence-electron chi connectivity index (χ4n) is 3.51. The van der Waals surface area contributed by atoms with Gasteiger partial charge in [0.25, 0.3) is 5.91 Å². The number of hydrogen-bond acceptors (Lipinski definition) is 3. The fraction of sp³-hybridized carbons (Fsp3) is 0.364. The first-order valence-corrected chi connectivity index (χ1v) is 9.42. The highest BCUT2D eigenvalue weighted by Gasteiger charge is 2.27. The lowest BCUT2D eigenvalue weighted by Crippen LogP contribution is -2.45. The van der Waals surface area contributed by atoms with Gasteiger partial charge in [0.2, 0.25) is 5.91 Å². The smallest absolute Gasteiger partial charge is 0.263 e. The first-order valence-electron chi connectivity index (χ1n) is 9.42. The molecule has 0 saturated carbocycles. The van der Waals surface area contributed by atoms with Crippen molar-refractivity contribution < 1.29 is 14.3 Å². The van der Waals surface area contributed by atoms with E-state index in [0.717, 1.165) is 32.4 Å². The normalized spacial score (nSPS) is 16.0. The summed E-state index contributed by atoms with van der Waals surface area (Å²) in [6, 6.07) is 16.9. The van der Waals surface area contributed by atoms with Crippen LogP contribution in [0.2, 0.25) is 0 Å². The summed E-state index contributed by atoms with van der Waals surface area (Å²) >= 11 is 0. The highest BCUT2D eigenvalue weighted by molar-refractivity contribution is 5.92. The van der Waals surface area contributed by atoms with Gasteiger partial charge in [0.05, 0.1) is 0 Å². The molecule has 2 aromatic rings. The number of hydrogen-bond donors (Lipinski definition) is 1. The van der Waals surface area contributed by atoms with E-state index < -0.39 is 12.0 Å². The molecule has 1 aliphatic heterocycles. The molecule has 0 aromatic heterocycles. The van der Waals surface area contributed by atoms with Crippen LogP contribution in [0.4, 0.5) is 0 Å². The summed E-state index contributed by atoms with van der Waals surface area (Å²) in [5, 5.41) is 0. The zero-order valence-corrected chi connectivity index (χ0v) is 15.6. The molecular formula is C22H26N2O3. The van der Waals surface area contributed by atoms with Crippen molar-refractivity contribution in [2.45, 2.75) is 32.3 Å². The number of likely N-dealkylation sites (tertiary alicyclic amines) is 1. The third-order valence-corrected chi connectivity index (χ3v) is 5.09. The second kappa shape index (κ2) is 8.71. The molecular weight excluding hydrogens is 340 g/mol. The summed E-state index contributed by atoms with van der Waals surface area (Å²) in [5.74, 6) is 0.898. The molecule has 0 bridgehead atoms. The number of ether oxygens (including phenoxy) is 1. The van der Waals surface area contributed by atoms with Crippen LogP contribution >= 0.6 is 0 Å². The van der Waals surface area contributed by atoms with E-state index in [9.17, 15) is 9.59 Å². The molecule has 27 heavy (non-hydrogen) atoms. The van der Waals surface area contributed by atoms with Crippen molar-refractivity contribution in [3.63, 3.8) is 0 Å². The van der Waals surface area contributed by atoms with E-state index in [4.69, 9.17) is 10.5 Å². The summed E-state index contributed by atoms with van der Waals surface area (Å²) in [7, 11) is 0. The summed E-state index contributed by atoms with van der Waals surface area (Å²) in [5.41, 5.74) is 7.01. The molecule has 1 aliphatic rings. The minimum atomic E-state index is -0.481. The number of para-hydroxylation sites is 1. The highest BCUT2D eigenvalue weighted by atomic mass is 16.5. The molecule has 1 unspecified atom stereocenters. The van der Waals surface area contributed by atoms with Crippen LogP contribution in [0.15, 0.2) is 54.6 Å². The van der Waals surface area contributed by atoms with Crippen LogP contribution in [0.5, 0.6) is 5.75 Å². The Morgan fingerprint density at radius 1 is 1.07 bits per heavy atom. The zero-order chi connectivity index (χ0) is 19.2. The van der Waals surface area contributed by atoms with E-state index in [2.05, 4.69) is 0 Å². The maximum Gasteiger partial charge on any atom is 0.263 e. The molecule has 5 nitrogen and oxygen atoms in total. The van der Waals surface area contributed by atoms with Crippen LogP contribution in [0.1, 0.15) is 35.7 Å². The van der Waals surface area contributed by atoms with Gasteiger partial charge < -0.3 is 15.4 Å². The molecule has 1 fully saturated rings. The zero-order valence-electron chi connectivity index (χ0n) is 15.6. The molecule has 5 heteroatoms. The largest absolute Gasteiger partial charge is 0.481 e. The van der Waals surface area contributed by atoms with Gasteiger partial charge in [-0.05, 0) is 61.9 Å². The molecule has 0 spiro atoms. The number of primary amides is 1. The minimum absolute atomic E-state index is 0.0446. The van der Waals surface area contributed by atoms with Crippen LogP contribution in [-0.4, -0.2) is 35.9 Å². The third kappa shape index (κ3) is 5.09. The van der Waals surface area contributed by atoms with Gasteiger partial charge in [-0.25, -0.2) is 0 Å². The van der Waals surface area contributed by atoms with Crippen molar-refractivity contribution in [1.82, 2.24) is 4.90 Å². The molecule has 2 aromatic carbocycles. The number of rotatable bonds is 6. The summed E-state index contributed by atoms with van der Waals surface area (Å²) in [4.78, 5) is 25.7. The second-order valence-electron chi connectivity index (χ2n) is 7.11. The molecule has 3 rings (SSSR count). The quantitative estimate of drug-likeness (QED) is 0.854. The van der Waals surface area contributed by atoms with Gasteiger partial charge in [-0.1, -0.05) is 30.3 Å². The molecule has 1 atom stereocenters. The Kier molecular flexibility index (Phi) is 6.12. The lowest BCUT2D eigenvalue weighted by Gasteiger charge is -2.33. The van der Waals surface area contributed by atoms with Crippen LogP contribution < -0.4 is 10.5 Å². The van der Waals surface area contributed by atoms with Gasteiger partial charge in [0.15, 0.2) is 6.10 Å². The van der Waals surface area contributed by atoms with Gasteiger partial charge in [0, 0.05) is 18.7 Å². The minimum Gasteiger partial charge on any atom is -0.481 e. The first kappa shape index (κ1) is 19.0. The van der Waals surface area contributed by atoms with Crippen molar-refractivity contribution >= 4 is 11.8 Å². The molecule has 0 radical (unpaired) electrons. The number of piperidine rings is 1. The van der Waals surface area contributed by atoms with Crippen LogP contribution in [-0.2, 0) is 11.2 Å². The van der Waals surface area contributed by atoms with Crippen molar-refractivity contribution in [2.24, 2.45) is 11.7 Å². The molecule has 0 aliphatic carbocycles. The Morgan fingerprint density at radius 2 is 1.70 bits per heavy atom. The third-order valence-electron chi connectivity index (χ3n) is 5.09. The highest BCUT2D eigenvalue weighted by Crippen LogP contribution is 2.23. The maximum absolute atomic E-state index is 12.6. The fourth-order valence-corrected chi connectivity index (χ4v) is 3.51. The van der Waals surface area contributed by atoms with Crippen molar-refractivity contribution in [3.05, 3.63) is 65.7 Å². The Morgan fingerprint density at radius 3 is 2.30 bits per heavy atom. The maximum atomic E-state index is 12.6.